The monoisotopic (exact) mass is 371 g/mol. The van der Waals surface area contributed by atoms with Crippen LogP contribution in [0.1, 0.15) is 35.4 Å². The van der Waals surface area contributed by atoms with E-state index in [2.05, 4.69) is 77.5 Å². The van der Waals surface area contributed by atoms with Gasteiger partial charge in [-0.1, -0.05) is 25.1 Å². The molecule has 0 aliphatic rings. The Labute approximate surface area is 127 Å². The predicted molar refractivity (Wildman–Crippen MR) is 88.4 cm³/mol. The molecule has 1 unspecified atom stereocenters. The zero-order valence-electron chi connectivity index (χ0n) is 10.7. The molecule has 1 nitrogen and oxygen atoms in total. The second kappa shape index (κ2) is 6.68. The third-order valence-electron chi connectivity index (χ3n) is 2.90. The summed E-state index contributed by atoms with van der Waals surface area (Å²) in [4.78, 5) is 1.37. The maximum absolute atomic E-state index is 3.66. The first-order valence-corrected chi connectivity index (χ1v) is 8.21. The van der Waals surface area contributed by atoms with Crippen LogP contribution in [-0.2, 0) is 0 Å². The molecule has 0 aliphatic heterocycles. The van der Waals surface area contributed by atoms with Crippen LogP contribution in [-0.4, -0.2) is 6.54 Å². The molecule has 0 radical (unpaired) electrons. The molecule has 0 aliphatic carbocycles. The van der Waals surface area contributed by atoms with E-state index in [0.29, 0.717) is 6.04 Å². The fourth-order valence-electron chi connectivity index (χ4n) is 2.02. The number of hydrogen-bond donors (Lipinski definition) is 1. The highest BCUT2D eigenvalue weighted by Gasteiger charge is 2.16. The van der Waals surface area contributed by atoms with Gasteiger partial charge < -0.3 is 5.32 Å². The van der Waals surface area contributed by atoms with Crippen LogP contribution in [0.15, 0.2) is 35.7 Å². The zero-order chi connectivity index (χ0) is 13.0. The Kier molecular flexibility index (Phi) is 5.21. The molecular formula is C15H18INS. The lowest BCUT2D eigenvalue weighted by atomic mass is 10.0. The largest absolute Gasteiger partial charge is 0.306 e. The van der Waals surface area contributed by atoms with E-state index in [9.17, 15) is 0 Å². The van der Waals surface area contributed by atoms with Crippen LogP contribution in [0.25, 0.3) is 0 Å². The van der Waals surface area contributed by atoms with Gasteiger partial charge in [-0.05, 0) is 71.1 Å². The Morgan fingerprint density at radius 2 is 2.11 bits per heavy atom. The highest BCUT2D eigenvalue weighted by atomic mass is 127. The molecule has 0 amide bonds. The lowest BCUT2D eigenvalue weighted by molar-refractivity contribution is 0.598. The van der Waals surface area contributed by atoms with Gasteiger partial charge in [-0.15, -0.1) is 11.3 Å². The fourth-order valence-corrected chi connectivity index (χ4v) is 3.45. The minimum atomic E-state index is 0.322. The van der Waals surface area contributed by atoms with E-state index in [4.69, 9.17) is 0 Å². The standard InChI is InChI=1S/C15H18INS/c1-3-8-17-15(12-9-11(2)18-10-12)13-6-4-5-7-14(13)16/h4-7,9-10,15,17H,3,8H2,1-2H3. The minimum Gasteiger partial charge on any atom is -0.306 e. The van der Waals surface area contributed by atoms with Gasteiger partial charge in [0, 0.05) is 8.45 Å². The highest BCUT2D eigenvalue weighted by molar-refractivity contribution is 14.1. The first-order chi connectivity index (χ1) is 8.72. The smallest absolute Gasteiger partial charge is 0.0595 e. The van der Waals surface area contributed by atoms with Crippen LogP contribution in [0.5, 0.6) is 0 Å². The van der Waals surface area contributed by atoms with E-state index in [0.717, 1.165) is 13.0 Å². The zero-order valence-corrected chi connectivity index (χ0v) is 13.7. The van der Waals surface area contributed by atoms with E-state index in [1.807, 2.05) is 11.3 Å². The van der Waals surface area contributed by atoms with E-state index in [1.165, 1.54) is 19.6 Å². The topological polar surface area (TPSA) is 12.0 Å². The Morgan fingerprint density at radius 1 is 1.33 bits per heavy atom. The van der Waals surface area contributed by atoms with Crippen LogP contribution in [0.4, 0.5) is 0 Å². The number of thiophene rings is 1. The lowest BCUT2D eigenvalue weighted by Gasteiger charge is -2.19. The van der Waals surface area contributed by atoms with Crippen molar-refractivity contribution in [1.29, 1.82) is 0 Å². The molecule has 0 bridgehead atoms. The molecule has 18 heavy (non-hydrogen) atoms. The third-order valence-corrected chi connectivity index (χ3v) is 4.76. The summed E-state index contributed by atoms with van der Waals surface area (Å²) in [6.07, 6.45) is 1.16. The van der Waals surface area contributed by atoms with E-state index >= 15 is 0 Å². The lowest BCUT2D eigenvalue weighted by Crippen LogP contribution is -2.23. The quantitative estimate of drug-likeness (QED) is 0.748. The molecule has 1 aromatic heterocycles. The number of nitrogens with one attached hydrogen (secondary N) is 1. The summed E-state index contributed by atoms with van der Waals surface area (Å²) < 4.78 is 1.33. The second-order valence-electron chi connectivity index (χ2n) is 4.40. The summed E-state index contributed by atoms with van der Waals surface area (Å²) in [7, 11) is 0. The van der Waals surface area contributed by atoms with Crippen molar-refractivity contribution in [2.24, 2.45) is 0 Å². The summed E-state index contributed by atoms with van der Waals surface area (Å²) in [5.74, 6) is 0. The Balaban J connectivity index is 2.33. The van der Waals surface area contributed by atoms with Crippen molar-refractivity contribution >= 4 is 33.9 Å². The van der Waals surface area contributed by atoms with Gasteiger partial charge in [0.2, 0.25) is 0 Å². The van der Waals surface area contributed by atoms with Gasteiger partial charge in [0.1, 0.15) is 0 Å². The molecule has 1 aromatic carbocycles. The van der Waals surface area contributed by atoms with E-state index in [-0.39, 0.29) is 0 Å². The van der Waals surface area contributed by atoms with Crippen LogP contribution >= 0.6 is 33.9 Å². The van der Waals surface area contributed by atoms with Gasteiger partial charge in [0.15, 0.2) is 0 Å². The summed E-state index contributed by atoms with van der Waals surface area (Å²) in [5.41, 5.74) is 2.76. The molecule has 1 N–H and O–H groups in total. The van der Waals surface area contributed by atoms with Crippen LogP contribution < -0.4 is 5.32 Å². The molecule has 0 fully saturated rings. The molecular weight excluding hydrogens is 353 g/mol. The van der Waals surface area contributed by atoms with Crippen molar-refractivity contribution < 1.29 is 0 Å². The molecule has 0 spiro atoms. The second-order valence-corrected chi connectivity index (χ2v) is 6.68. The molecule has 96 valence electrons. The van der Waals surface area contributed by atoms with E-state index in [1.54, 1.807) is 0 Å². The maximum atomic E-state index is 3.66. The number of rotatable bonds is 5. The average molecular weight is 371 g/mol. The van der Waals surface area contributed by atoms with Crippen molar-refractivity contribution in [2.75, 3.05) is 6.54 Å². The maximum Gasteiger partial charge on any atom is 0.0595 e. The first kappa shape index (κ1) is 14.0. The molecule has 2 rings (SSSR count). The summed E-state index contributed by atoms with van der Waals surface area (Å²) in [5, 5.41) is 5.93. The third kappa shape index (κ3) is 3.33. The minimum absolute atomic E-state index is 0.322. The highest BCUT2D eigenvalue weighted by Crippen LogP contribution is 2.29. The van der Waals surface area contributed by atoms with Gasteiger partial charge >= 0.3 is 0 Å². The van der Waals surface area contributed by atoms with Gasteiger partial charge in [-0.2, -0.15) is 0 Å². The SMILES string of the molecule is CCCNC(c1csc(C)c1)c1ccccc1I. The van der Waals surface area contributed by atoms with Crippen molar-refractivity contribution in [3.8, 4) is 0 Å². The van der Waals surface area contributed by atoms with Crippen molar-refractivity contribution in [3.05, 3.63) is 55.3 Å². The van der Waals surface area contributed by atoms with Crippen LogP contribution in [0.2, 0.25) is 0 Å². The normalized spacial score (nSPS) is 12.6. The molecule has 0 saturated carbocycles. The number of hydrogen-bond acceptors (Lipinski definition) is 2. The summed E-state index contributed by atoms with van der Waals surface area (Å²) >= 11 is 4.25. The number of benzene rings is 1. The van der Waals surface area contributed by atoms with Crippen molar-refractivity contribution in [1.82, 2.24) is 5.32 Å². The van der Waals surface area contributed by atoms with Crippen LogP contribution in [0, 0.1) is 10.5 Å². The molecule has 0 saturated heterocycles. The van der Waals surface area contributed by atoms with Crippen molar-refractivity contribution in [2.45, 2.75) is 26.3 Å². The molecule has 3 heteroatoms. The molecule has 1 atom stereocenters. The Morgan fingerprint density at radius 3 is 2.72 bits per heavy atom. The average Bonchev–Trinajstić information content (AvgIpc) is 2.78. The van der Waals surface area contributed by atoms with Gasteiger partial charge in [-0.25, -0.2) is 0 Å². The number of aryl methyl sites for hydroxylation is 1. The molecule has 1 heterocycles. The Hall–Kier alpha value is -0.390. The number of halogens is 1. The summed E-state index contributed by atoms with van der Waals surface area (Å²) in [6, 6.07) is 11.2. The Bertz CT molecular complexity index is 507. The summed E-state index contributed by atoms with van der Waals surface area (Å²) in [6.45, 7) is 5.42. The van der Waals surface area contributed by atoms with Gasteiger partial charge in [-0.3, -0.25) is 0 Å². The van der Waals surface area contributed by atoms with Crippen molar-refractivity contribution in [3.63, 3.8) is 0 Å². The van der Waals surface area contributed by atoms with Gasteiger partial charge in [0.05, 0.1) is 6.04 Å². The van der Waals surface area contributed by atoms with E-state index < -0.39 is 0 Å². The first-order valence-electron chi connectivity index (χ1n) is 6.25. The fraction of sp³-hybridized carbons (Fsp3) is 0.333. The van der Waals surface area contributed by atoms with Gasteiger partial charge in [0.25, 0.3) is 0 Å². The van der Waals surface area contributed by atoms with Crippen LogP contribution in [0.3, 0.4) is 0 Å². The molecule has 2 aromatic rings. The predicted octanol–water partition coefficient (Wildman–Crippen LogP) is 4.75.